The van der Waals surface area contributed by atoms with Gasteiger partial charge in [-0.2, -0.15) is 4.68 Å². The summed E-state index contributed by atoms with van der Waals surface area (Å²) in [7, 11) is 0. The predicted molar refractivity (Wildman–Crippen MR) is 129 cm³/mol. The number of nitrogens with zero attached hydrogens (tertiary/aromatic N) is 7. The van der Waals surface area contributed by atoms with E-state index in [1.807, 2.05) is 68.4 Å². The molecule has 0 atom stereocenters. The summed E-state index contributed by atoms with van der Waals surface area (Å²) in [5, 5.41) is 13.3. The molecule has 2 aromatic carbocycles. The standard InChI is InChI=1S/C25H27N7O2/c1-3-34-24(33)23-18(2)20-11-7-8-12-21(20)26-22(23)17-30-13-15-31(16-14-30)25-27-28-29-32(25)19-9-5-4-6-10-19/h4-12H,3,13-17H2,1-2H3. The number of piperazine rings is 1. The van der Waals surface area contributed by atoms with E-state index in [0.29, 0.717) is 18.7 Å². The second kappa shape index (κ2) is 9.56. The lowest BCUT2D eigenvalue weighted by Crippen LogP contribution is -2.47. The minimum atomic E-state index is -0.311. The van der Waals surface area contributed by atoms with Crippen LogP contribution in [0, 0.1) is 6.92 Å². The van der Waals surface area contributed by atoms with Gasteiger partial charge >= 0.3 is 5.97 Å². The molecule has 0 bridgehead atoms. The molecular weight excluding hydrogens is 430 g/mol. The zero-order valence-corrected chi connectivity index (χ0v) is 19.4. The first-order chi connectivity index (χ1) is 16.7. The molecule has 34 heavy (non-hydrogen) atoms. The first-order valence-corrected chi connectivity index (χ1v) is 11.5. The normalized spacial score (nSPS) is 14.5. The van der Waals surface area contributed by atoms with E-state index < -0.39 is 0 Å². The lowest BCUT2D eigenvalue weighted by Gasteiger charge is -2.34. The molecular formula is C25H27N7O2. The molecule has 1 fully saturated rings. The number of carbonyl (C=O) groups is 1. The maximum Gasteiger partial charge on any atom is 0.340 e. The number of tetrazole rings is 1. The molecule has 1 aliphatic rings. The predicted octanol–water partition coefficient (Wildman–Crippen LogP) is 3.02. The number of benzene rings is 2. The van der Waals surface area contributed by atoms with Gasteiger partial charge in [-0.25, -0.2) is 4.79 Å². The fourth-order valence-corrected chi connectivity index (χ4v) is 4.46. The number of ether oxygens (including phenoxy) is 1. The van der Waals surface area contributed by atoms with Crippen LogP contribution >= 0.6 is 0 Å². The van der Waals surface area contributed by atoms with Gasteiger partial charge < -0.3 is 9.64 Å². The topological polar surface area (TPSA) is 89.3 Å². The molecule has 4 aromatic rings. The number of pyridine rings is 1. The van der Waals surface area contributed by atoms with Crippen LogP contribution in [-0.4, -0.2) is 68.8 Å². The average Bonchev–Trinajstić information content (AvgIpc) is 3.35. The second-order valence-corrected chi connectivity index (χ2v) is 8.29. The maximum atomic E-state index is 12.8. The molecule has 2 aromatic heterocycles. The van der Waals surface area contributed by atoms with Crippen molar-refractivity contribution in [3.8, 4) is 5.69 Å². The fraction of sp³-hybridized carbons (Fsp3) is 0.320. The van der Waals surface area contributed by atoms with Crippen LogP contribution in [0.1, 0.15) is 28.5 Å². The molecule has 0 saturated carbocycles. The van der Waals surface area contributed by atoms with Gasteiger partial charge in [0.25, 0.3) is 0 Å². The maximum absolute atomic E-state index is 12.8. The van der Waals surface area contributed by atoms with Gasteiger partial charge in [-0.3, -0.25) is 9.88 Å². The number of carbonyl (C=O) groups excluding carboxylic acids is 1. The quantitative estimate of drug-likeness (QED) is 0.408. The molecule has 0 spiro atoms. The Balaban J connectivity index is 1.35. The lowest BCUT2D eigenvalue weighted by molar-refractivity contribution is 0.0522. The van der Waals surface area contributed by atoms with E-state index in [1.54, 1.807) is 4.68 Å². The van der Waals surface area contributed by atoms with Gasteiger partial charge in [-0.05, 0) is 48.0 Å². The highest BCUT2D eigenvalue weighted by atomic mass is 16.5. The summed E-state index contributed by atoms with van der Waals surface area (Å²) in [6.07, 6.45) is 0. The van der Waals surface area contributed by atoms with Crippen molar-refractivity contribution < 1.29 is 9.53 Å². The van der Waals surface area contributed by atoms with Crippen LogP contribution in [0.5, 0.6) is 0 Å². The Hall–Kier alpha value is -3.85. The van der Waals surface area contributed by atoms with Crippen LogP contribution < -0.4 is 4.90 Å². The summed E-state index contributed by atoms with van der Waals surface area (Å²) < 4.78 is 7.14. The van der Waals surface area contributed by atoms with E-state index in [0.717, 1.165) is 60.0 Å². The highest BCUT2D eigenvalue weighted by molar-refractivity contribution is 5.98. The Morgan fingerprint density at radius 3 is 2.50 bits per heavy atom. The summed E-state index contributed by atoms with van der Waals surface area (Å²) in [5.74, 6) is 0.423. The van der Waals surface area contributed by atoms with Crippen molar-refractivity contribution in [2.24, 2.45) is 0 Å². The van der Waals surface area contributed by atoms with E-state index in [9.17, 15) is 4.79 Å². The van der Waals surface area contributed by atoms with Gasteiger partial charge in [-0.15, -0.1) is 0 Å². The zero-order valence-electron chi connectivity index (χ0n) is 19.4. The Bertz CT molecular complexity index is 1300. The van der Waals surface area contributed by atoms with Crippen LogP contribution in [-0.2, 0) is 11.3 Å². The molecule has 0 unspecified atom stereocenters. The molecule has 9 heteroatoms. The van der Waals surface area contributed by atoms with Gasteiger partial charge in [-0.1, -0.05) is 41.5 Å². The van der Waals surface area contributed by atoms with Crippen molar-refractivity contribution in [2.45, 2.75) is 20.4 Å². The average molecular weight is 458 g/mol. The smallest absolute Gasteiger partial charge is 0.340 e. The number of rotatable bonds is 6. The highest BCUT2D eigenvalue weighted by Gasteiger charge is 2.26. The summed E-state index contributed by atoms with van der Waals surface area (Å²) in [5.41, 5.74) is 4.08. The van der Waals surface area contributed by atoms with Gasteiger partial charge in [0.1, 0.15) is 0 Å². The Morgan fingerprint density at radius 2 is 1.74 bits per heavy atom. The molecule has 1 aliphatic heterocycles. The molecule has 1 saturated heterocycles. The van der Waals surface area contributed by atoms with Crippen molar-refractivity contribution in [2.75, 3.05) is 37.7 Å². The SMILES string of the molecule is CCOC(=O)c1c(CN2CCN(c3nnnn3-c3ccccc3)CC2)nc2ccccc2c1C. The second-order valence-electron chi connectivity index (χ2n) is 8.29. The highest BCUT2D eigenvalue weighted by Crippen LogP contribution is 2.25. The van der Waals surface area contributed by atoms with Gasteiger partial charge in [0, 0.05) is 38.1 Å². The molecule has 3 heterocycles. The number of aryl methyl sites for hydroxylation is 1. The minimum Gasteiger partial charge on any atom is -0.462 e. The summed E-state index contributed by atoms with van der Waals surface area (Å²) in [6, 6.07) is 17.8. The number of aromatic nitrogens is 5. The van der Waals surface area contributed by atoms with Crippen LogP contribution in [0.4, 0.5) is 5.95 Å². The Kier molecular flexibility index (Phi) is 6.18. The number of para-hydroxylation sites is 2. The van der Waals surface area contributed by atoms with Crippen LogP contribution in [0.15, 0.2) is 54.6 Å². The van der Waals surface area contributed by atoms with Crippen molar-refractivity contribution in [1.29, 1.82) is 0 Å². The third-order valence-electron chi connectivity index (χ3n) is 6.19. The Labute approximate surface area is 198 Å². The minimum absolute atomic E-state index is 0.311. The third kappa shape index (κ3) is 4.22. The van der Waals surface area contributed by atoms with E-state index in [2.05, 4.69) is 25.3 Å². The fourth-order valence-electron chi connectivity index (χ4n) is 4.46. The first-order valence-electron chi connectivity index (χ1n) is 11.5. The number of esters is 1. The van der Waals surface area contributed by atoms with Crippen molar-refractivity contribution in [1.82, 2.24) is 30.1 Å². The van der Waals surface area contributed by atoms with E-state index in [4.69, 9.17) is 9.72 Å². The van der Waals surface area contributed by atoms with Gasteiger partial charge in [0.15, 0.2) is 0 Å². The summed E-state index contributed by atoms with van der Waals surface area (Å²) in [6.45, 7) is 7.86. The third-order valence-corrected chi connectivity index (χ3v) is 6.19. The van der Waals surface area contributed by atoms with E-state index in [-0.39, 0.29) is 5.97 Å². The van der Waals surface area contributed by atoms with Crippen LogP contribution in [0.25, 0.3) is 16.6 Å². The monoisotopic (exact) mass is 457 g/mol. The summed E-state index contributed by atoms with van der Waals surface area (Å²) >= 11 is 0. The van der Waals surface area contributed by atoms with Crippen molar-refractivity contribution in [3.63, 3.8) is 0 Å². The molecule has 9 nitrogen and oxygen atoms in total. The Morgan fingerprint density at radius 1 is 1.00 bits per heavy atom. The van der Waals surface area contributed by atoms with Crippen LogP contribution in [0.2, 0.25) is 0 Å². The zero-order chi connectivity index (χ0) is 23.5. The van der Waals surface area contributed by atoms with Crippen LogP contribution in [0.3, 0.4) is 0 Å². The van der Waals surface area contributed by atoms with E-state index >= 15 is 0 Å². The first kappa shape index (κ1) is 22.0. The van der Waals surface area contributed by atoms with E-state index in [1.165, 1.54) is 0 Å². The van der Waals surface area contributed by atoms with Crippen molar-refractivity contribution in [3.05, 3.63) is 71.4 Å². The van der Waals surface area contributed by atoms with Crippen molar-refractivity contribution >= 4 is 22.8 Å². The number of hydrogen-bond acceptors (Lipinski definition) is 8. The number of hydrogen-bond donors (Lipinski definition) is 0. The molecule has 0 N–H and O–H groups in total. The largest absolute Gasteiger partial charge is 0.462 e. The molecule has 0 amide bonds. The summed E-state index contributed by atoms with van der Waals surface area (Å²) in [4.78, 5) is 22.2. The number of anilines is 1. The lowest BCUT2D eigenvalue weighted by atomic mass is 10.0. The molecule has 5 rings (SSSR count). The molecule has 0 aliphatic carbocycles. The number of fused-ring (bicyclic) bond motifs is 1. The molecule has 0 radical (unpaired) electrons. The molecule has 174 valence electrons. The van der Waals surface area contributed by atoms with Gasteiger partial charge in [0.05, 0.1) is 29.1 Å². The van der Waals surface area contributed by atoms with Gasteiger partial charge in [0.2, 0.25) is 5.95 Å².